The fraction of sp³-hybridized carbons (Fsp3) is 0.115. The third-order valence-electron chi connectivity index (χ3n) is 5.49. The van der Waals surface area contributed by atoms with E-state index in [9.17, 15) is 4.79 Å². The minimum absolute atomic E-state index is 0.0765. The average Bonchev–Trinajstić information content (AvgIpc) is 3.29. The zero-order valence-electron chi connectivity index (χ0n) is 18.8. The summed E-state index contributed by atoms with van der Waals surface area (Å²) in [5.41, 5.74) is 6.05. The van der Waals surface area contributed by atoms with Gasteiger partial charge in [0, 0.05) is 29.2 Å². The van der Waals surface area contributed by atoms with Gasteiger partial charge in [0.05, 0.1) is 5.69 Å². The van der Waals surface area contributed by atoms with Gasteiger partial charge in [0.2, 0.25) is 0 Å². The Morgan fingerprint density at radius 1 is 0.912 bits per heavy atom. The first kappa shape index (κ1) is 21.3. The highest BCUT2D eigenvalue weighted by Gasteiger charge is 2.12. The van der Waals surface area contributed by atoms with Gasteiger partial charge in [0.15, 0.2) is 18.1 Å². The van der Waals surface area contributed by atoms with E-state index in [2.05, 4.69) is 20.5 Å². The standard InChI is InChI=1S/C26H22N6O2/c1-17-6-7-22(14-18(17)2)34-16-25(33)28-21-5-3-4-20(15-21)23-8-9-24-29-30-26(32(24)31-23)19-10-12-27-13-11-19/h3-15H,16H2,1-2H3,(H,28,33). The molecule has 0 saturated heterocycles. The van der Waals surface area contributed by atoms with E-state index in [1.807, 2.05) is 80.6 Å². The predicted molar refractivity (Wildman–Crippen MR) is 129 cm³/mol. The highest BCUT2D eigenvalue weighted by Crippen LogP contribution is 2.23. The molecule has 8 nitrogen and oxygen atoms in total. The number of pyridine rings is 1. The number of amides is 1. The molecule has 168 valence electrons. The molecule has 0 aliphatic carbocycles. The van der Waals surface area contributed by atoms with E-state index in [4.69, 9.17) is 9.84 Å². The Morgan fingerprint density at radius 2 is 1.76 bits per heavy atom. The summed E-state index contributed by atoms with van der Waals surface area (Å²) < 4.78 is 7.34. The molecular formula is C26H22N6O2. The minimum Gasteiger partial charge on any atom is -0.484 e. The lowest BCUT2D eigenvalue weighted by Crippen LogP contribution is -2.20. The maximum atomic E-state index is 12.4. The van der Waals surface area contributed by atoms with Gasteiger partial charge in [-0.15, -0.1) is 10.2 Å². The van der Waals surface area contributed by atoms with Gasteiger partial charge in [0.1, 0.15) is 5.75 Å². The van der Waals surface area contributed by atoms with Gasteiger partial charge in [-0.25, -0.2) is 0 Å². The summed E-state index contributed by atoms with van der Waals surface area (Å²) in [6.07, 6.45) is 3.41. The first-order chi connectivity index (χ1) is 16.6. The number of hydrogen-bond donors (Lipinski definition) is 1. The van der Waals surface area contributed by atoms with E-state index >= 15 is 0 Å². The number of carbonyl (C=O) groups is 1. The van der Waals surface area contributed by atoms with Crippen LogP contribution in [0, 0.1) is 13.8 Å². The summed E-state index contributed by atoms with van der Waals surface area (Å²) in [6.45, 7) is 3.97. The van der Waals surface area contributed by atoms with Gasteiger partial charge < -0.3 is 10.1 Å². The van der Waals surface area contributed by atoms with Gasteiger partial charge in [-0.3, -0.25) is 9.78 Å². The van der Waals surface area contributed by atoms with Crippen molar-refractivity contribution in [3.63, 3.8) is 0 Å². The van der Waals surface area contributed by atoms with Crippen LogP contribution in [0.5, 0.6) is 5.75 Å². The van der Waals surface area contributed by atoms with Crippen LogP contribution in [0.2, 0.25) is 0 Å². The zero-order valence-corrected chi connectivity index (χ0v) is 18.8. The number of hydrogen-bond acceptors (Lipinski definition) is 6. The normalized spacial score (nSPS) is 10.9. The first-order valence-electron chi connectivity index (χ1n) is 10.8. The molecule has 1 amide bonds. The number of nitrogens with zero attached hydrogens (tertiary/aromatic N) is 5. The topological polar surface area (TPSA) is 94.3 Å². The van der Waals surface area contributed by atoms with Gasteiger partial charge >= 0.3 is 0 Å². The maximum Gasteiger partial charge on any atom is 0.262 e. The second kappa shape index (κ2) is 9.11. The maximum absolute atomic E-state index is 12.4. The van der Waals surface area contributed by atoms with Crippen LogP contribution in [0.4, 0.5) is 5.69 Å². The van der Waals surface area contributed by atoms with Gasteiger partial charge in [0.25, 0.3) is 5.91 Å². The van der Waals surface area contributed by atoms with E-state index in [0.717, 1.165) is 22.4 Å². The summed E-state index contributed by atoms with van der Waals surface area (Å²) in [7, 11) is 0. The van der Waals surface area contributed by atoms with E-state index in [0.29, 0.717) is 22.9 Å². The van der Waals surface area contributed by atoms with Crippen molar-refractivity contribution in [2.45, 2.75) is 13.8 Å². The van der Waals surface area contributed by atoms with Crippen LogP contribution in [-0.4, -0.2) is 37.3 Å². The molecule has 0 aliphatic heterocycles. The van der Waals surface area contributed by atoms with Crippen molar-refractivity contribution in [3.05, 3.63) is 90.3 Å². The summed E-state index contributed by atoms with van der Waals surface area (Å²) >= 11 is 0. The third-order valence-corrected chi connectivity index (χ3v) is 5.49. The van der Waals surface area contributed by atoms with Gasteiger partial charge in [-0.1, -0.05) is 18.2 Å². The second-order valence-electron chi connectivity index (χ2n) is 7.91. The van der Waals surface area contributed by atoms with Crippen LogP contribution in [-0.2, 0) is 4.79 Å². The molecule has 8 heteroatoms. The van der Waals surface area contributed by atoms with Crippen molar-refractivity contribution in [1.29, 1.82) is 0 Å². The fourth-order valence-corrected chi connectivity index (χ4v) is 3.53. The number of aryl methyl sites for hydroxylation is 2. The van der Waals surface area contributed by atoms with Crippen LogP contribution in [0.1, 0.15) is 11.1 Å². The Labute approximate surface area is 196 Å². The van der Waals surface area contributed by atoms with Crippen LogP contribution >= 0.6 is 0 Å². The molecule has 3 heterocycles. The number of nitrogens with one attached hydrogen (secondary N) is 1. The second-order valence-corrected chi connectivity index (χ2v) is 7.91. The Morgan fingerprint density at radius 3 is 2.59 bits per heavy atom. The quantitative estimate of drug-likeness (QED) is 0.410. The highest BCUT2D eigenvalue weighted by molar-refractivity contribution is 5.92. The number of fused-ring (bicyclic) bond motifs is 1. The fourth-order valence-electron chi connectivity index (χ4n) is 3.53. The van der Waals surface area contributed by atoms with Crippen molar-refractivity contribution in [3.8, 4) is 28.4 Å². The smallest absolute Gasteiger partial charge is 0.262 e. The van der Waals surface area contributed by atoms with E-state index in [1.54, 1.807) is 16.9 Å². The lowest BCUT2D eigenvalue weighted by Gasteiger charge is -2.10. The van der Waals surface area contributed by atoms with Crippen LogP contribution in [0.3, 0.4) is 0 Å². The van der Waals surface area contributed by atoms with Gasteiger partial charge in [-0.05, 0) is 73.5 Å². The molecule has 3 aromatic heterocycles. The lowest BCUT2D eigenvalue weighted by molar-refractivity contribution is -0.118. The molecule has 0 fully saturated rings. The number of rotatable bonds is 6. The van der Waals surface area contributed by atoms with Crippen molar-refractivity contribution in [2.24, 2.45) is 0 Å². The number of ether oxygens (including phenoxy) is 1. The van der Waals surface area contributed by atoms with Gasteiger partial charge in [-0.2, -0.15) is 9.61 Å². The van der Waals surface area contributed by atoms with E-state index < -0.39 is 0 Å². The van der Waals surface area contributed by atoms with Crippen LogP contribution in [0.25, 0.3) is 28.3 Å². The number of carbonyl (C=O) groups excluding carboxylic acids is 1. The molecule has 0 unspecified atom stereocenters. The molecule has 0 saturated carbocycles. The van der Waals surface area contributed by atoms with Crippen molar-refractivity contribution < 1.29 is 9.53 Å². The molecule has 0 bridgehead atoms. The average molecular weight is 451 g/mol. The number of benzene rings is 2. The molecule has 0 aliphatic rings. The van der Waals surface area contributed by atoms with Crippen molar-refractivity contribution in [2.75, 3.05) is 11.9 Å². The molecule has 1 N–H and O–H groups in total. The Bertz CT molecular complexity index is 1480. The van der Waals surface area contributed by atoms with Crippen LogP contribution < -0.4 is 10.1 Å². The molecule has 5 aromatic rings. The number of anilines is 1. The lowest BCUT2D eigenvalue weighted by atomic mass is 10.1. The van der Waals surface area contributed by atoms with E-state index in [1.165, 1.54) is 5.56 Å². The summed E-state index contributed by atoms with van der Waals surface area (Å²) in [5.74, 6) is 1.06. The molecule has 0 radical (unpaired) electrons. The van der Waals surface area contributed by atoms with Crippen LogP contribution in [0.15, 0.2) is 79.1 Å². The molecule has 5 rings (SSSR count). The predicted octanol–water partition coefficient (Wildman–Crippen LogP) is 4.49. The summed E-state index contributed by atoms with van der Waals surface area (Å²) in [4.78, 5) is 16.5. The summed E-state index contributed by atoms with van der Waals surface area (Å²) in [6, 6.07) is 20.7. The zero-order chi connectivity index (χ0) is 23.5. The Balaban J connectivity index is 1.33. The van der Waals surface area contributed by atoms with Crippen molar-refractivity contribution >= 4 is 17.2 Å². The van der Waals surface area contributed by atoms with Crippen molar-refractivity contribution in [1.82, 2.24) is 24.8 Å². The number of aromatic nitrogens is 5. The first-order valence-corrected chi connectivity index (χ1v) is 10.8. The SMILES string of the molecule is Cc1ccc(OCC(=O)Nc2cccc(-c3ccc4nnc(-c5ccncc5)n4n3)c2)cc1C. The Kier molecular flexibility index (Phi) is 5.70. The van der Waals surface area contributed by atoms with E-state index in [-0.39, 0.29) is 12.5 Å². The summed E-state index contributed by atoms with van der Waals surface area (Å²) in [5, 5.41) is 16.1. The largest absolute Gasteiger partial charge is 0.484 e. The molecule has 0 spiro atoms. The molecular weight excluding hydrogens is 428 g/mol. The monoisotopic (exact) mass is 450 g/mol. The highest BCUT2D eigenvalue weighted by atomic mass is 16.5. The third kappa shape index (κ3) is 4.47. The minimum atomic E-state index is -0.238. The molecule has 34 heavy (non-hydrogen) atoms. The Hall–Kier alpha value is -4.59. The molecule has 0 atom stereocenters. The molecule has 2 aromatic carbocycles.